The van der Waals surface area contributed by atoms with E-state index >= 15 is 0 Å². The lowest BCUT2D eigenvalue weighted by Crippen LogP contribution is -2.38. The van der Waals surface area contributed by atoms with Crippen molar-refractivity contribution in [2.75, 3.05) is 0 Å². The molecule has 1 aliphatic carbocycles. The van der Waals surface area contributed by atoms with E-state index in [-0.39, 0.29) is 0 Å². The van der Waals surface area contributed by atoms with Crippen LogP contribution in [-0.2, 0) is 0 Å². The van der Waals surface area contributed by atoms with Crippen molar-refractivity contribution in [1.29, 1.82) is 0 Å². The molecule has 0 nitrogen and oxygen atoms in total. The highest BCUT2D eigenvalue weighted by molar-refractivity contribution is 5.39. The fourth-order valence-corrected chi connectivity index (χ4v) is 5.88. The first-order chi connectivity index (χ1) is 14.8. The Kier molecular flexibility index (Phi) is 12.8. The van der Waals surface area contributed by atoms with Crippen LogP contribution >= 0.6 is 0 Å². The van der Waals surface area contributed by atoms with Crippen molar-refractivity contribution in [2.45, 2.75) is 120 Å². The zero-order valence-corrected chi connectivity index (χ0v) is 22.6. The molecular weight excluding hydrogens is 372 g/mol. The first-order valence-electron chi connectivity index (χ1n) is 13.5. The summed E-state index contributed by atoms with van der Waals surface area (Å²) in [5.74, 6) is 2.55. The van der Waals surface area contributed by atoms with E-state index in [0.29, 0.717) is 23.2 Å². The molecule has 0 saturated carbocycles. The second-order valence-electron chi connectivity index (χ2n) is 10.4. The zero-order chi connectivity index (χ0) is 23.4. The molecule has 3 atom stereocenters. The Morgan fingerprint density at radius 2 is 1.68 bits per heavy atom. The second-order valence-corrected chi connectivity index (χ2v) is 10.4. The second kappa shape index (κ2) is 14.2. The van der Waals surface area contributed by atoms with Gasteiger partial charge in [0, 0.05) is 5.92 Å². The van der Waals surface area contributed by atoms with E-state index in [4.69, 9.17) is 0 Å². The third-order valence-corrected chi connectivity index (χ3v) is 8.39. The standard InChI is InChI=1S/C31H54/c1-10-14-15-18-21-28(29-22-19-16-17-20-25(7)27(29)9)23-30(24(5)6)31(12-3,13-4)26(8)11-2/h15,18,20,22-24,26-27,30H,10-14,16-17,19,21H2,1-9H3. The number of hydrogen-bond donors (Lipinski definition) is 0. The minimum atomic E-state index is 0.387. The van der Waals surface area contributed by atoms with Gasteiger partial charge in [-0.25, -0.2) is 0 Å². The zero-order valence-electron chi connectivity index (χ0n) is 22.6. The Morgan fingerprint density at radius 1 is 1.03 bits per heavy atom. The first-order valence-corrected chi connectivity index (χ1v) is 13.5. The molecule has 0 saturated heterocycles. The summed E-state index contributed by atoms with van der Waals surface area (Å²) >= 11 is 0. The van der Waals surface area contributed by atoms with Crippen molar-refractivity contribution in [3.05, 3.63) is 47.1 Å². The summed E-state index contributed by atoms with van der Waals surface area (Å²) < 4.78 is 0. The number of rotatable bonds is 12. The van der Waals surface area contributed by atoms with Gasteiger partial charge < -0.3 is 0 Å². The van der Waals surface area contributed by atoms with E-state index in [1.165, 1.54) is 51.4 Å². The minimum Gasteiger partial charge on any atom is -0.0882 e. The van der Waals surface area contributed by atoms with Gasteiger partial charge >= 0.3 is 0 Å². The van der Waals surface area contributed by atoms with Gasteiger partial charge in [-0.2, -0.15) is 0 Å². The lowest BCUT2D eigenvalue weighted by Gasteiger charge is -2.46. The van der Waals surface area contributed by atoms with Gasteiger partial charge in [0.2, 0.25) is 0 Å². The van der Waals surface area contributed by atoms with Crippen molar-refractivity contribution in [3.63, 3.8) is 0 Å². The molecule has 0 amide bonds. The van der Waals surface area contributed by atoms with Crippen LogP contribution in [0.3, 0.4) is 0 Å². The quantitative estimate of drug-likeness (QED) is 0.272. The Labute approximate surface area is 196 Å². The topological polar surface area (TPSA) is 0 Å². The molecule has 0 aliphatic heterocycles. The third kappa shape index (κ3) is 7.50. The molecule has 3 unspecified atom stereocenters. The fraction of sp³-hybridized carbons (Fsp3) is 0.742. The summed E-state index contributed by atoms with van der Waals surface area (Å²) in [5, 5.41) is 0. The summed E-state index contributed by atoms with van der Waals surface area (Å²) in [6, 6.07) is 0. The van der Waals surface area contributed by atoms with Gasteiger partial charge in [0.1, 0.15) is 0 Å². The van der Waals surface area contributed by atoms with E-state index < -0.39 is 0 Å². The molecule has 0 spiro atoms. The number of allylic oxidation sites excluding steroid dienone is 8. The van der Waals surface area contributed by atoms with Gasteiger partial charge in [-0.1, -0.05) is 104 Å². The van der Waals surface area contributed by atoms with Crippen LogP contribution < -0.4 is 0 Å². The number of hydrogen-bond acceptors (Lipinski definition) is 0. The summed E-state index contributed by atoms with van der Waals surface area (Å²) in [7, 11) is 0. The van der Waals surface area contributed by atoms with Gasteiger partial charge in [-0.05, 0) is 86.2 Å². The van der Waals surface area contributed by atoms with E-state index in [9.17, 15) is 0 Å². The molecule has 1 aliphatic rings. The van der Waals surface area contributed by atoms with Gasteiger partial charge in [-0.15, -0.1) is 0 Å². The van der Waals surface area contributed by atoms with Crippen LogP contribution in [0.4, 0.5) is 0 Å². The molecule has 0 bridgehead atoms. The molecule has 1 rings (SSSR count). The Balaban J connectivity index is 3.56. The molecule has 178 valence electrons. The average Bonchev–Trinajstić information content (AvgIpc) is 2.76. The van der Waals surface area contributed by atoms with Crippen molar-refractivity contribution in [2.24, 2.45) is 29.1 Å². The minimum absolute atomic E-state index is 0.387. The Morgan fingerprint density at radius 3 is 2.23 bits per heavy atom. The molecule has 0 aromatic carbocycles. The molecule has 0 aromatic heterocycles. The fourth-order valence-electron chi connectivity index (χ4n) is 5.88. The van der Waals surface area contributed by atoms with Crippen LogP contribution in [0.5, 0.6) is 0 Å². The highest BCUT2D eigenvalue weighted by Crippen LogP contribution is 2.49. The van der Waals surface area contributed by atoms with Gasteiger partial charge in [0.15, 0.2) is 0 Å². The normalized spacial score (nSPS) is 21.0. The molecule has 0 heterocycles. The van der Waals surface area contributed by atoms with Crippen LogP contribution in [0, 0.1) is 29.1 Å². The Bertz CT molecular complexity index is 620. The van der Waals surface area contributed by atoms with Crippen LogP contribution in [-0.4, -0.2) is 0 Å². The molecule has 0 N–H and O–H groups in total. The SMILES string of the molecule is CCCC=CCC(=CC(C(C)C)C(CC)(CC)C(C)CC)C1=CCCCC=C(C)C1C. The van der Waals surface area contributed by atoms with E-state index in [0.717, 1.165) is 12.3 Å². The van der Waals surface area contributed by atoms with E-state index in [1.807, 2.05) is 0 Å². The van der Waals surface area contributed by atoms with Crippen molar-refractivity contribution >= 4 is 0 Å². The number of unbranched alkanes of at least 4 members (excludes halogenated alkanes) is 1. The third-order valence-electron chi connectivity index (χ3n) is 8.39. The molecule has 0 fully saturated rings. The molecule has 0 heteroatoms. The maximum Gasteiger partial charge on any atom is 0.00166 e. The maximum atomic E-state index is 2.75. The molecule has 0 aromatic rings. The van der Waals surface area contributed by atoms with Crippen LogP contribution in [0.2, 0.25) is 0 Å². The van der Waals surface area contributed by atoms with Crippen LogP contribution in [0.15, 0.2) is 47.1 Å². The van der Waals surface area contributed by atoms with Gasteiger partial charge in [0.05, 0.1) is 0 Å². The molecular formula is C31H54. The van der Waals surface area contributed by atoms with Crippen molar-refractivity contribution in [1.82, 2.24) is 0 Å². The first kappa shape index (κ1) is 28.0. The summed E-state index contributed by atoms with van der Waals surface area (Å²) in [6.07, 6.45) is 23.7. The van der Waals surface area contributed by atoms with E-state index in [1.54, 1.807) is 16.7 Å². The summed E-state index contributed by atoms with van der Waals surface area (Å²) in [5.41, 5.74) is 5.14. The van der Waals surface area contributed by atoms with Gasteiger partial charge in [-0.3, -0.25) is 0 Å². The molecule has 31 heavy (non-hydrogen) atoms. The summed E-state index contributed by atoms with van der Waals surface area (Å²) in [4.78, 5) is 0. The largest absolute Gasteiger partial charge is 0.0882 e. The molecule has 0 radical (unpaired) electrons. The van der Waals surface area contributed by atoms with E-state index in [2.05, 4.69) is 92.7 Å². The predicted molar refractivity (Wildman–Crippen MR) is 142 cm³/mol. The maximum absolute atomic E-state index is 2.75. The Hall–Kier alpha value is -1.04. The average molecular weight is 427 g/mol. The van der Waals surface area contributed by atoms with Crippen LogP contribution in [0.25, 0.3) is 0 Å². The monoisotopic (exact) mass is 426 g/mol. The smallest absolute Gasteiger partial charge is 0.00166 e. The highest BCUT2D eigenvalue weighted by Gasteiger charge is 2.40. The lowest BCUT2D eigenvalue weighted by atomic mass is 9.59. The highest BCUT2D eigenvalue weighted by atomic mass is 14.4. The van der Waals surface area contributed by atoms with Crippen molar-refractivity contribution < 1.29 is 0 Å². The summed E-state index contributed by atoms with van der Waals surface area (Å²) in [6.45, 7) is 21.7. The lowest BCUT2D eigenvalue weighted by molar-refractivity contribution is 0.0639. The van der Waals surface area contributed by atoms with Gasteiger partial charge in [0.25, 0.3) is 0 Å². The predicted octanol–water partition coefficient (Wildman–Crippen LogP) is 10.5. The van der Waals surface area contributed by atoms with Crippen molar-refractivity contribution in [3.8, 4) is 0 Å². The van der Waals surface area contributed by atoms with Crippen LogP contribution in [0.1, 0.15) is 120 Å².